The van der Waals surface area contributed by atoms with Crippen LogP contribution in [0.5, 0.6) is 0 Å². The zero-order chi connectivity index (χ0) is 12.5. The lowest BCUT2D eigenvalue weighted by molar-refractivity contribution is -0.00461. The molecule has 0 aromatic rings. The highest BCUT2D eigenvalue weighted by Crippen LogP contribution is 2.23. The fourth-order valence-electron chi connectivity index (χ4n) is 2.46. The average Bonchev–Trinajstić information content (AvgIpc) is 2.98. The van der Waals surface area contributed by atoms with Crippen molar-refractivity contribution in [2.75, 3.05) is 40.4 Å². The Morgan fingerprint density at radius 1 is 1.18 bits per heavy atom. The predicted octanol–water partition coefficient (Wildman–Crippen LogP) is -0.976. The average molecular weight is 264 g/mol. The predicted molar refractivity (Wildman–Crippen MR) is 63.4 cm³/mol. The van der Waals surface area contributed by atoms with E-state index in [2.05, 4.69) is 5.32 Å². The van der Waals surface area contributed by atoms with Crippen molar-refractivity contribution in [1.82, 2.24) is 9.62 Å². The number of methoxy groups -OCH3 is 2. The summed E-state index contributed by atoms with van der Waals surface area (Å²) in [6, 6.07) is 0. The van der Waals surface area contributed by atoms with Crippen LogP contribution in [-0.4, -0.2) is 70.6 Å². The van der Waals surface area contributed by atoms with Crippen LogP contribution in [-0.2, 0) is 19.5 Å². The van der Waals surface area contributed by atoms with Crippen molar-refractivity contribution in [3.63, 3.8) is 0 Å². The molecule has 2 aliphatic rings. The standard InChI is InChI=1S/C10H20N2O4S/c1-15-9-6-12(7-10(9)16-2)17(13,14)8-3-4-11-5-8/h8-11H,3-7H2,1-2H3. The van der Waals surface area contributed by atoms with E-state index in [1.165, 1.54) is 4.31 Å². The van der Waals surface area contributed by atoms with Gasteiger partial charge in [-0.05, 0) is 13.0 Å². The highest BCUT2D eigenvalue weighted by atomic mass is 32.2. The molecular weight excluding hydrogens is 244 g/mol. The molecule has 17 heavy (non-hydrogen) atoms. The summed E-state index contributed by atoms with van der Waals surface area (Å²) in [6.45, 7) is 2.12. The van der Waals surface area contributed by atoms with Gasteiger partial charge in [-0.1, -0.05) is 0 Å². The molecule has 0 aliphatic carbocycles. The molecule has 2 aliphatic heterocycles. The van der Waals surface area contributed by atoms with E-state index >= 15 is 0 Å². The van der Waals surface area contributed by atoms with Crippen molar-refractivity contribution in [2.45, 2.75) is 23.9 Å². The summed E-state index contributed by atoms with van der Waals surface area (Å²) in [5.74, 6) is 0. The Morgan fingerprint density at radius 3 is 2.18 bits per heavy atom. The van der Waals surface area contributed by atoms with Gasteiger partial charge in [0, 0.05) is 33.9 Å². The summed E-state index contributed by atoms with van der Waals surface area (Å²) >= 11 is 0. The number of hydrogen-bond acceptors (Lipinski definition) is 5. The smallest absolute Gasteiger partial charge is 0.218 e. The largest absolute Gasteiger partial charge is 0.377 e. The molecule has 3 atom stereocenters. The van der Waals surface area contributed by atoms with Gasteiger partial charge in [0.15, 0.2) is 0 Å². The van der Waals surface area contributed by atoms with Crippen molar-refractivity contribution in [1.29, 1.82) is 0 Å². The lowest BCUT2D eigenvalue weighted by Gasteiger charge is -2.20. The van der Waals surface area contributed by atoms with Crippen molar-refractivity contribution >= 4 is 10.0 Å². The van der Waals surface area contributed by atoms with E-state index in [9.17, 15) is 8.42 Å². The van der Waals surface area contributed by atoms with Gasteiger partial charge in [0.25, 0.3) is 0 Å². The number of nitrogens with zero attached hydrogens (tertiary/aromatic N) is 1. The van der Waals surface area contributed by atoms with Crippen LogP contribution >= 0.6 is 0 Å². The zero-order valence-electron chi connectivity index (χ0n) is 10.3. The van der Waals surface area contributed by atoms with Gasteiger partial charge in [-0.15, -0.1) is 0 Å². The molecule has 3 unspecified atom stereocenters. The summed E-state index contributed by atoms with van der Waals surface area (Å²) in [6.07, 6.45) is 0.363. The normalized spacial score (nSPS) is 35.5. The quantitative estimate of drug-likeness (QED) is 0.707. The van der Waals surface area contributed by atoms with Gasteiger partial charge >= 0.3 is 0 Å². The summed E-state index contributed by atoms with van der Waals surface area (Å²) in [5.41, 5.74) is 0. The molecule has 0 bridgehead atoms. The Kier molecular flexibility index (Phi) is 4.04. The first-order chi connectivity index (χ1) is 8.09. The Labute approximate surface area is 102 Å². The van der Waals surface area contributed by atoms with Crippen LogP contribution < -0.4 is 5.32 Å². The highest BCUT2D eigenvalue weighted by molar-refractivity contribution is 7.89. The fourth-order valence-corrected chi connectivity index (χ4v) is 4.34. The maximum Gasteiger partial charge on any atom is 0.218 e. The number of rotatable bonds is 4. The maximum atomic E-state index is 12.3. The molecule has 2 heterocycles. The number of ether oxygens (including phenoxy) is 2. The second-order valence-corrected chi connectivity index (χ2v) is 6.74. The summed E-state index contributed by atoms with van der Waals surface area (Å²) in [7, 11) is -0.0391. The van der Waals surface area contributed by atoms with Gasteiger partial charge in [0.1, 0.15) is 0 Å². The van der Waals surface area contributed by atoms with Crippen LogP contribution in [0.4, 0.5) is 0 Å². The third-order valence-electron chi connectivity index (χ3n) is 3.58. The summed E-state index contributed by atoms with van der Waals surface area (Å²) < 4.78 is 36.7. The monoisotopic (exact) mass is 264 g/mol. The Morgan fingerprint density at radius 2 is 1.76 bits per heavy atom. The van der Waals surface area contributed by atoms with Gasteiger partial charge in [0.05, 0.1) is 17.5 Å². The van der Waals surface area contributed by atoms with Crippen LogP contribution in [0.2, 0.25) is 0 Å². The minimum absolute atomic E-state index is 0.163. The van der Waals surface area contributed by atoms with Crippen molar-refractivity contribution in [2.24, 2.45) is 0 Å². The first-order valence-corrected chi connectivity index (χ1v) is 7.35. The number of sulfonamides is 1. The Hall–Kier alpha value is -0.210. The van der Waals surface area contributed by atoms with Crippen LogP contribution in [0.1, 0.15) is 6.42 Å². The molecule has 7 heteroatoms. The van der Waals surface area contributed by atoms with Crippen LogP contribution in [0, 0.1) is 0 Å². The number of nitrogens with one attached hydrogen (secondary N) is 1. The van der Waals surface area contributed by atoms with E-state index in [1.54, 1.807) is 14.2 Å². The third-order valence-corrected chi connectivity index (χ3v) is 5.85. The van der Waals surface area contributed by atoms with E-state index in [1.807, 2.05) is 0 Å². The van der Waals surface area contributed by atoms with Crippen LogP contribution in [0.25, 0.3) is 0 Å². The van der Waals surface area contributed by atoms with Crippen molar-refractivity contribution < 1.29 is 17.9 Å². The van der Waals surface area contributed by atoms with E-state index in [0.717, 1.165) is 6.54 Å². The highest BCUT2D eigenvalue weighted by Gasteiger charge is 2.42. The third kappa shape index (κ3) is 2.48. The zero-order valence-corrected chi connectivity index (χ0v) is 11.1. The molecule has 2 saturated heterocycles. The van der Waals surface area contributed by atoms with Gasteiger partial charge in [-0.2, -0.15) is 4.31 Å². The summed E-state index contributed by atoms with van der Waals surface area (Å²) in [5, 5.41) is 2.79. The molecule has 100 valence electrons. The first-order valence-electron chi connectivity index (χ1n) is 5.85. The minimum atomic E-state index is -3.21. The second kappa shape index (κ2) is 5.19. The van der Waals surface area contributed by atoms with Gasteiger partial charge < -0.3 is 14.8 Å². The Bertz CT molecular complexity index is 341. The molecule has 2 fully saturated rings. The molecule has 0 spiro atoms. The Balaban J connectivity index is 2.08. The first kappa shape index (κ1) is 13.2. The molecule has 0 radical (unpaired) electrons. The molecule has 1 N–H and O–H groups in total. The lowest BCUT2D eigenvalue weighted by atomic mass is 10.3. The number of hydrogen-bond donors (Lipinski definition) is 1. The van der Waals surface area contributed by atoms with Gasteiger partial charge in [-0.25, -0.2) is 8.42 Å². The molecule has 0 amide bonds. The van der Waals surface area contributed by atoms with E-state index in [4.69, 9.17) is 9.47 Å². The minimum Gasteiger partial charge on any atom is -0.377 e. The SMILES string of the molecule is COC1CN(S(=O)(=O)C2CCNC2)CC1OC. The maximum absolute atomic E-state index is 12.3. The second-order valence-electron chi connectivity index (χ2n) is 4.53. The van der Waals surface area contributed by atoms with E-state index in [0.29, 0.717) is 26.1 Å². The van der Waals surface area contributed by atoms with E-state index in [-0.39, 0.29) is 17.5 Å². The van der Waals surface area contributed by atoms with Crippen LogP contribution in [0.3, 0.4) is 0 Å². The molecule has 2 rings (SSSR count). The molecule has 6 nitrogen and oxygen atoms in total. The van der Waals surface area contributed by atoms with Gasteiger partial charge in [0.2, 0.25) is 10.0 Å². The van der Waals surface area contributed by atoms with Crippen LogP contribution in [0.15, 0.2) is 0 Å². The van der Waals surface area contributed by atoms with Crippen molar-refractivity contribution in [3.05, 3.63) is 0 Å². The lowest BCUT2D eigenvalue weighted by Crippen LogP contribution is -2.39. The van der Waals surface area contributed by atoms with Gasteiger partial charge in [-0.3, -0.25) is 0 Å². The summed E-state index contributed by atoms with van der Waals surface area (Å²) in [4.78, 5) is 0. The molecule has 0 saturated carbocycles. The topological polar surface area (TPSA) is 67.9 Å². The van der Waals surface area contributed by atoms with E-state index < -0.39 is 10.0 Å². The molecular formula is C10H20N2O4S. The van der Waals surface area contributed by atoms with Crippen molar-refractivity contribution in [3.8, 4) is 0 Å². The fraction of sp³-hybridized carbons (Fsp3) is 1.00. The molecule has 0 aromatic carbocycles. The molecule has 0 aromatic heterocycles.